The average Bonchev–Trinajstić information content (AvgIpc) is 3.11. The number of thioether (sulfide) groups is 1. The molecule has 0 N–H and O–H groups in total. The standard InChI is InChI=1S/C15H19NOS/c17-15(12-3-1-2-4-12)10-18-14-7-13(8-16-9-14)11-5-6-11/h7-9,11-12H,1-6,10H2. The Balaban J connectivity index is 1.55. The number of carbonyl (C=O) groups excluding carboxylic acids is 1. The van der Waals surface area contributed by atoms with Gasteiger partial charge in [0.05, 0.1) is 5.75 Å². The Bertz CT molecular complexity index is 436. The molecule has 0 amide bonds. The second-order valence-corrected chi connectivity index (χ2v) is 6.51. The molecule has 0 aromatic carbocycles. The van der Waals surface area contributed by atoms with E-state index in [2.05, 4.69) is 11.1 Å². The Morgan fingerprint density at radius 2 is 2.00 bits per heavy atom. The Morgan fingerprint density at radius 1 is 1.22 bits per heavy atom. The number of nitrogens with zero attached hydrogens (tertiary/aromatic N) is 1. The van der Waals surface area contributed by atoms with Gasteiger partial charge in [0.1, 0.15) is 5.78 Å². The van der Waals surface area contributed by atoms with E-state index in [0.717, 1.165) is 23.7 Å². The minimum Gasteiger partial charge on any atom is -0.298 e. The predicted molar refractivity (Wildman–Crippen MR) is 73.9 cm³/mol. The van der Waals surface area contributed by atoms with E-state index in [1.807, 2.05) is 12.4 Å². The van der Waals surface area contributed by atoms with E-state index in [0.29, 0.717) is 17.5 Å². The summed E-state index contributed by atoms with van der Waals surface area (Å²) >= 11 is 1.66. The minimum absolute atomic E-state index is 0.345. The smallest absolute Gasteiger partial charge is 0.146 e. The maximum absolute atomic E-state index is 12.0. The highest BCUT2D eigenvalue weighted by Gasteiger charge is 2.25. The van der Waals surface area contributed by atoms with Gasteiger partial charge in [-0.2, -0.15) is 0 Å². The van der Waals surface area contributed by atoms with Gasteiger partial charge in [-0.25, -0.2) is 0 Å². The van der Waals surface area contributed by atoms with Gasteiger partial charge in [0.2, 0.25) is 0 Å². The number of carbonyl (C=O) groups is 1. The predicted octanol–water partition coefficient (Wildman–Crippen LogP) is 3.81. The van der Waals surface area contributed by atoms with Crippen LogP contribution >= 0.6 is 11.8 Å². The number of hydrogen-bond donors (Lipinski definition) is 0. The van der Waals surface area contributed by atoms with Gasteiger partial charge >= 0.3 is 0 Å². The van der Waals surface area contributed by atoms with Crippen LogP contribution in [-0.2, 0) is 4.79 Å². The SMILES string of the molecule is O=C(CSc1cncc(C2CC2)c1)C1CCCC1. The Labute approximate surface area is 113 Å². The van der Waals surface area contributed by atoms with Gasteiger partial charge in [-0.15, -0.1) is 11.8 Å². The zero-order chi connectivity index (χ0) is 12.4. The normalized spacial score (nSPS) is 20.2. The highest BCUT2D eigenvalue weighted by atomic mass is 32.2. The zero-order valence-electron chi connectivity index (χ0n) is 10.6. The molecule has 0 radical (unpaired) electrons. The fourth-order valence-corrected chi connectivity index (χ4v) is 3.57. The maximum Gasteiger partial charge on any atom is 0.146 e. The topological polar surface area (TPSA) is 30.0 Å². The first kappa shape index (κ1) is 12.2. The van der Waals surface area contributed by atoms with Crippen LogP contribution in [0.3, 0.4) is 0 Å². The third-order valence-electron chi connectivity index (χ3n) is 3.97. The van der Waals surface area contributed by atoms with Crippen LogP contribution in [0.1, 0.15) is 50.0 Å². The Hall–Kier alpha value is -0.830. The lowest BCUT2D eigenvalue weighted by Crippen LogP contribution is -2.12. The van der Waals surface area contributed by atoms with Gasteiger partial charge in [-0.3, -0.25) is 9.78 Å². The summed E-state index contributed by atoms with van der Waals surface area (Å²) in [5, 5.41) is 0. The van der Waals surface area contributed by atoms with Crippen LogP contribution in [0, 0.1) is 5.92 Å². The highest BCUT2D eigenvalue weighted by molar-refractivity contribution is 8.00. The van der Waals surface area contributed by atoms with Crippen LogP contribution in [-0.4, -0.2) is 16.5 Å². The second-order valence-electron chi connectivity index (χ2n) is 5.46. The van der Waals surface area contributed by atoms with Crippen molar-refractivity contribution < 1.29 is 4.79 Å². The van der Waals surface area contributed by atoms with Gasteiger partial charge in [0.15, 0.2) is 0 Å². The first-order valence-corrected chi connectivity index (χ1v) is 7.92. The van der Waals surface area contributed by atoms with Gasteiger partial charge < -0.3 is 0 Å². The third-order valence-corrected chi connectivity index (χ3v) is 4.96. The van der Waals surface area contributed by atoms with Crippen molar-refractivity contribution in [1.82, 2.24) is 4.98 Å². The Morgan fingerprint density at radius 3 is 2.72 bits per heavy atom. The largest absolute Gasteiger partial charge is 0.298 e. The fraction of sp³-hybridized carbons (Fsp3) is 0.600. The summed E-state index contributed by atoms with van der Waals surface area (Å²) in [5.41, 5.74) is 1.35. The van der Waals surface area contributed by atoms with Crippen molar-refractivity contribution in [3.8, 4) is 0 Å². The van der Waals surface area contributed by atoms with Crippen molar-refractivity contribution in [2.75, 3.05) is 5.75 Å². The van der Waals surface area contributed by atoms with Gasteiger partial charge in [0, 0.05) is 23.2 Å². The first-order chi connectivity index (χ1) is 8.83. The maximum atomic E-state index is 12.0. The number of hydrogen-bond acceptors (Lipinski definition) is 3. The molecular formula is C15H19NOS. The molecule has 0 saturated heterocycles. The number of pyridine rings is 1. The molecule has 0 spiro atoms. The molecule has 0 aliphatic heterocycles. The van der Waals surface area contributed by atoms with E-state index in [4.69, 9.17) is 0 Å². The van der Waals surface area contributed by atoms with E-state index < -0.39 is 0 Å². The zero-order valence-corrected chi connectivity index (χ0v) is 11.4. The quantitative estimate of drug-likeness (QED) is 0.755. The molecule has 1 heterocycles. The molecule has 2 aliphatic carbocycles. The number of Topliss-reactive ketones (excluding diaryl/α,β-unsaturated/α-hetero) is 1. The van der Waals surface area contributed by atoms with E-state index in [9.17, 15) is 4.79 Å². The molecule has 2 aliphatic rings. The average molecular weight is 261 g/mol. The molecule has 0 bridgehead atoms. The van der Waals surface area contributed by atoms with Crippen molar-refractivity contribution in [1.29, 1.82) is 0 Å². The summed E-state index contributed by atoms with van der Waals surface area (Å²) in [4.78, 5) is 17.5. The van der Waals surface area contributed by atoms with Crippen LogP contribution in [0.4, 0.5) is 0 Å². The molecule has 0 atom stereocenters. The summed E-state index contributed by atoms with van der Waals surface area (Å²) in [7, 11) is 0. The highest BCUT2D eigenvalue weighted by Crippen LogP contribution is 2.40. The molecule has 1 aromatic rings. The van der Waals surface area contributed by atoms with Gasteiger partial charge in [-0.05, 0) is 43.2 Å². The molecule has 96 valence electrons. The van der Waals surface area contributed by atoms with E-state index in [1.54, 1.807) is 11.8 Å². The molecule has 2 nitrogen and oxygen atoms in total. The first-order valence-electron chi connectivity index (χ1n) is 6.93. The van der Waals surface area contributed by atoms with E-state index >= 15 is 0 Å². The molecule has 2 fully saturated rings. The van der Waals surface area contributed by atoms with Gasteiger partial charge in [-0.1, -0.05) is 12.8 Å². The van der Waals surface area contributed by atoms with Crippen LogP contribution in [0.25, 0.3) is 0 Å². The monoisotopic (exact) mass is 261 g/mol. The lowest BCUT2D eigenvalue weighted by molar-refractivity contribution is -0.120. The Kier molecular flexibility index (Phi) is 3.69. The summed E-state index contributed by atoms with van der Waals surface area (Å²) in [6.45, 7) is 0. The van der Waals surface area contributed by atoms with Crippen molar-refractivity contribution in [3.63, 3.8) is 0 Å². The second kappa shape index (κ2) is 5.43. The fourth-order valence-electron chi connectivity index (χ4n) is 2.67. The van der Waals surface area contributed by atoms with Crippen LogP contribution in [0.15, 0.2) is 23.4 Å². The van der Waals surface area contributed by atoms with Crippen molar-refractivity contribution in [2.24, 2.45) is 5.92 Å². The molecule has 2 saturated carbocycles. The molecule has 3 rings (SSSR count). The third kappa shape index (κ3) is 2.94. The molecule has 3 heteroatoms. The molecule has 18 heavy (non-hydrogen) atoms. The summed E-state index contributed by atoms with van der Waals surface area (Å²) in [5.74, 6) is 2.15. The van der Waals surface area contributed by atoms with E-state index in [1.165, 1.54) is 31.2 Å². The van der Waals surface area contributed by atoms with Crippen LogP contribution in [0.2, 0.25) is 0 Å². The summed E-state index contributed by atoms with van der Waals surface area (Å²) in [6.07, 6.45) is 11.2. The molecular weight excluding hydrogens is 242 g/mol. The number of rotatable bonds is 5. The number of ketones is 1. The summed E-state index contributed by atoms with van der Waals surface area (Å²) < 4.78 is 0. The molecule has 0 unspecified atom stereocenters. The van der Waals surface area contributed by atoms with Crippen LogP contribution in [0.5, 0.6) is 0 Å². The van der Waals surface area contributed by atoms with Crippen molar-refractivity contribution >= 4 is 17.5 Å². The van der Waals surface area contributed by atoms with Crippen molar-refractivity contribution in [2.45, 2.75) is 49.3 Å². The van der Waals surface area contributed by atoms with Gasteiger partial charge in [0.25, 0.3) is 0 Å². The molecule has 1 aromatic heterocycles. The minimum atomic E-state index is 0.345. The van der Waals surface area contributed by atoms with Crippen LogP contribution < -0.4 is 0 Å². The number of aromatic nitrogens is 1. The van der Waals surface area contributed by atoms with E-state index in [-0.39, 0.29) is 0 Å². The lowest BCUT2D eigenvalue weighted by atomic mass is 10.0. The lowest BCUT2D eigenvalue weighted by Gasteiger charge is -2.07. The van der Waals surface area contributed by atoms with Crippen molar-refractivity contribution in [3.05, 3.63) is 24.0 Å². The summed E-state index contributed by atoms with van der Waals surface area (Å²) in [6, 6.07) is 2.22.